The van der Waals surface area contributed by atoms with Gasteiger partial charge in [-0.15, -0.1) is 0 Å². The van der Waals surface area contributed by atoms with Crippen LogP contribution in [-0.4, -0.2) is 32.0 Å². The maximum atomic E-state index is 5.84. The van der Waals surface area contributed by atoms with Gasteiger partial charge in [-0.3, -0.25) is 0 Å². The minimum Gasteiger partial charge on any atom is -0.493 e. The van der Waals surface area contributed by atoms with Gasteiger partial charge in [-0.1, -0.05) is 6.07 Å². The van der Waals surface area contributed by atoms with Crippen molar-refractivity contribution in [1.29, 1.82) is 0 Å². The highest BCUT2D eigenvalue weighted by molar-refractivity contribution is 7.80. The molecule has 0 radical (unpaired) electrons. The summed E-state index contributed by atoms with van der Waals surface area (Å²) >= 11 is 5.37. The lowest BCUT2D eigenvalue weighted by atomic mass is 10.1. The van der Waals surface area contributed by atoms with Crippen LogP contribution in [0.25, 0.3) is 0 Å². The average Bonchev–Trinajstić information content (AvgIpc) is 2.62. The third-order valence-corrected chi connectivity index (χ3v) is 4.22. The first kappa shape index (κ1) is 19.8. The van der Waals surface area contributed by atoms with Gasteiger partial charge < -0.3 is 24.8 Å². The van der Waals surface area contributed by atoms with Gasteiger partial charge in [-0.05, 0) is 68.4 Å². The normalized spacial score (nSPS) is 11.4. The fourth-order valence-electron chi connectivity index (χ4n) is 2.37. The van der Waals surface area contributed by atoms with Crippen LogP contribution in [0.15, 0.2) is 36.4 Å². The summed E-state index contributed by atoms with van der Waals surface area (Å²) in [6, 6.07) is 11.7. The van der Waals surface area contributed by atoms with E-state index in [4.69, 9.17) is 26.4 Å². The Labute approximate surface area is 160 Å². The summed E-state index contributed by atoms with van der Waals surface area (Å²) < 4.78 is 16.4. The van der Waals surface area contributed by atoms with Crippen molar-refractivity contribution in [2.24, 2.45) is 0 Å². The molecule has 0 amide bonds. The Bertz CT molecular complexity index is 765. The van der Waals surface area contributed by atoms with Crippen LogP contribution in [0.2, 0.25) is 0 Å². The Morgan fingerprint density at radius 2 is 1.73 bits per heavy atom. The summed E-state index contributed by atoms with van der Waals surface area (Å²) in [5, 5.41) is 6.88. The van der Waals surface area contributed by atoms with Gasteiger partial charge in [-0.25, -0.2) is 0 Å². The smallest absolute Gasteiger partial charge is 0.171 e. The van der Waals surface area contributed by atoms with Crippen molar-refractivity contribution in [3.05, 3.63) is 47.5 Å². The highest BCUT2D eigenvalue weighted by Crippen LogP contribution is 2.29. The van der Waals surface area contributed by atoms with Crippen LogP contribution < -0.4 is 24.8 Å². The third kappa shape index (κ3) is 5.52. The van der Waals surface area contributed by atoms with Crippen LogP contribution in [0.5, 0.6) is 17.2 Å². The second-order valence-corrected chi connectivity index (χ2v) is 6.53. The topological polar surface area (TPSA) is 51.8 Å². The molecule has 1 unspecified atom stereocenters. The SMILES string of the molecule is COc1ccc(NC(=S)NC(C)COc2ccc(C)c(C)c2)cc1OC. The van der Waals surface area contributed by atoms with E-state index in [0.29, 0.717) is 23.2 Å². The lowest BCUT2D eigenvalue weighted by Crippen LogP contribution is -2.39. The first-order chi connectivity index (χ1) is 12.4. The van der Waals surface area contributed by atoms with Crippen LogP contribution >= 0.6 is 12.2 Å². The third-order valence-electron chi connectivity index (χ3n) is 4.00. The predicted molar refractivity (Wildman–Crippen MR) is 110 cm³/mol. The van der Waals surface area contributed by atoms with E-state index in [1.165, 1.54) is 11.1 Å². The summed E-state index contributed by atoms with van der Waals surface area (Å²) in [5.74, 6) is 2.18. The van der Waals surface area contributed by atoms with Crippen LogP contribution in [0.1, 0.15) is 18.1 Å². The molecule has 0 bridgehead atoms. The molecule has 0 aliphatic rings. The number of thiocarbonyl (C=S) groups is 1. The van der Waals surface area contributed by atoms with E-state index >= 15 is 0 Å². The summed E-state index contributed by atoms with van der Waals surface area (Å²) in [5.41, 5.74) is 3.29. The standard InChI is InChI=1S/C20H26N2O3S/c1-13-6-8-17(10-14(13)2)25-12-15(3)21-20(26)22-16-7-9-18(23-4)19(11-16)24-5/h6-11,15H,12H2,1-5H3,(H2,21,22,26). The number of methoxy groups -OCH3 is 2. The molecule has 2 aromatic carbocycles. The van der Waals surface area contributed by atoms with Gasteiger partial charge in [0.1, 0.15) is 12.4 Å². The Hall–Kier alpha value is -2.47. The van der Waals surface area contributed by atoms with Crippen LogP contribution in [0.4, 0.5) is 5.69 Å². The van der Waals surface area contributed by atoms with Gasteiger partial charge in [0.25, 0.3) is 0 Å². The van der Waals surface area contributed by atoms with E-state index in [-0.39, 0.29) is 6.04 Å². The number of ether oxygens (including phenoxy) is 3. The molecule has 0 spiro atoms. The van der Waals surface area contributed by atoms with Gasteiger partial charge in [0.05, 0.1) is 20.3 Å². The van der Waals surface area contributed by atoms with Crippen molar-refractivity contribution < 1.29 is 14.2 Å². The van der Waals surface area contributed by atoms with Gasteiger partial charge in [0, 0.05) is 11.8 Å². The lowest BCUT2D eigenvalue weighted by molar-refractivity contribution is 0.287. The van der Waals surface area contributed by atoms with Gasteiger partial charge in [-0.2, -0.15) is 0 Å². The fraction of sp³-hybridized carbons (Fsp3) is 0.350. The molecule has 0 heterocycles. The van der Waals surface area contributed by atoms with Crippen LogP contribution in [-0.2, 0) is 0 Å². The van der Waals surface area contributed by atoms with Crippen molar-refractivity contribution in [1.82, 2.24) is 5.32 Å². The van der Waals surface area contributed by atoms with E-state index in [1.54, 1.807) is 14.2 Å². The van der Waals surface area contributed by atoms with Crippen LogP contribution in [0, 0.1) is 13.8 Å². The predicted octanol–water partition coefficient (Wildman–Crippen LogP) is 4.07. The number of benzene rings is 2. The highest BCUT2D eigenvalue weighted by atomic mass is 32.1. The molecule has 2 aromatic rings. The zero-order valence-electron chi connectivity index (χ0n) is 15.9. The lowest BCUT2D eigenvalue weighted by Gasteiger charge is -2.18. The molecule has 0 saturated heterocycles. The fourth-order valence-corrected chi connectivity index (χ4v) is 2.69. The second kappa shape index (κ2) is 9.29. The number of rotatable bonds is 7. The van der Waals surface area contributed by atoms with Crippen molar-refractivity contribution in [2.45, 2.75) is 26.8 Å². The van der Waals surface area contributed by atoms with E-state index in [9.17, 15) is 0 Å². The molecule has 26 heavy (non-hydrogen) atoms. The number of hydrogen-bond acceptors (Lipinski definition) is 4. The summed E-state index contributed by atoms with van der Waals surface area (Å²) in [4.78, 5) is 0. The maximum Gasteiger partial charge on any atom is 0.171 e. The molecule has 0 aliphatic carbocycles. The first-order valence-corrected chi connectivity index (χ1v) is 8.83. The van der Waals surface area contributed by atoms with Gasteiger partial charge in [0.15, 0.2) is 16.6 Å². The minimum absolute atomic E-state index is 0.0525. The van der Waals surface area contributed by atoms with Crippen molar-refractivity contribution in [3.63, 3.8) is 0 Å². The van der Waals surface area contributed by atoms with Crippen molar-refractivity contribution in [3.8, 4) is 17.2 Å². The molecule has 6 heteroatoms. The van der Waals surface area contributed by atoms with E-state index in [1.807, 2.05) is 37.3 Å². The molecule has 2 rings (SSSR count). The first-order valence-electron chi connectivity index (χ1n) is 8.42. The monoisotopic (exact) mass is 374 g/mol. The Balaban J connectivity index is 1.85. The minimum atomic E-state index is 0.0525. The Morgan fingerprint density at radius 1 is 1.00 bits per heavy atom. The molecule has 5 nitrogen and oxygen atoms in total. The molecule has 140 valence electrons. The molecule has 0 saturated carbocycles. The zero-order valence-corrected chi connectivity index (χ0v) is 16.7. The quantitative estimate of drug-likeness (QED) is 0.713. The van der Waals surface area contributed by atoms with Gasteiger partial charge in [0.2, 0.25) is 0 Å². The summed E-state index contributed by atoms with van der Waals surface area (Å²) in [6.07, 6.45) is 0. The van der Waals surface area contributed by atoms with E-state index < -0.39 is 0 Å². The second-order valence-electron chi connectivity index (χ2n) is 6.13. The number of anilines is 1. The molecule has 1 atom stereocenters. The molecule has 0 aromatic heterocycles. The number of hydrogen-bond donors (Lipinski definition) is 2. The van der Waals surface area contributed by atoms with E-state index in [2.05, 4.69) is 30.5 Å². The van der Waals surface area contributed by atoms with Gasteiger partial charge >= 0.3 is 0 Å². The molecule has 2 N–H and O–H groups in total. The summed E-state index contributed by atoms with van der Waals surface area (Å²) in [6.45, 7) is 6.69. The van der Waals surface area contributed by atoms with Crippen LogP contribution in [0.3, 0.4) is 0 Å². The van der Waals surface area contributed by atoms with Crippen molar-refractivity contribution in [2.75, 3.05) is 26.1 Å². The molecule has 0 fully saturated rings. The molecule has 0 aliphatic heterocycles. The van der Waals surface area contributed by atoms with E-state index in [0.717, 1.165) is 11.4 Å². The number of aryl methyl sites for hydroxylation is 2. The highest BCUT2D eigenvalue weighted by Gasteiger charge is 2.08. The largest absolute Gasteiger partial charge is 0.493 e. The number of nitrogens with one attached hydrogen (secondary N) is 2. The van der Waals surface area contributed by atoms with Crippen molar-refractivity contribution >= 4 is 23.0 Å². The average molecular weight is 375 g/mol. The molecular formula is C20H26N2O3S. The zero-order chi connectivity index (χ0) is 19.1. The summed E-state index contributed by atoms with van der Waals surface area (Å²) in [7, 11) is 3.21. The molecular weight excluding hydrogens is 348 g/mol. The maximum absolute atomic E-state index is 5.84. The Morgan fingerprint density at radius 3 is 2.38 bits per heavy atom. The Kier molecular flexibility index (Phi) is 7.09.